The predicted octanol–water partition coefficient (Wildman–Crippen LogP) is 3.40. The number of nitrogens with zero attached hydrogens (tertiary/aromatic N) is 2. The van der Waals surface area contributed by atoms with E-state index in [-0.39, 0.29) is 0 Å². The summed E-state index contributed by atoms with van der Waals surface area (Å²) >= 11 is 0. The molecule has 1 N–H and O–H groups in total. The van der Waals surface area contributed by atoms with Crippen molar-refractivity contribution in [3.8, 4) is 0 Å². The predicted molar refractivity (Wildman–Crippen MR) is 79.2 cm³/mol. The minimum atomic E-state index is -0.785. The van der Waals surface area contributed by atoms with E-state index in [1.54, 1.807) is 29.9 Å². The first kappa shape index (κ1) is 15.6. The molecule has 2 rings (SSSR count). The van der Waals surface area contributed by atoms with Gasteiger partial charge in [0, 0.05) is 23.9 Å². The van der Waals surface area contributed by atoms with E-state index in [0.717, 1.165) is 17.7 Å². The van der Waals surface area contributed by atoms with Crippen molar-refractivity contribution in [2.24, 2.45) is 7.05 Å². The van der Waals surface area contributed by atoms with Crippen molar-refractivity contribution in [1.82, 2.24) is 15.1 Å². The monoisotopic (exact) mass is 293 g/mol. The van der Waals surface area contributed by atoms with Gasteiger partial charge in [-0.15, -0.1) is 0 Å². The molecule has 0 aliphatic carbocycles. The normalized spacial score (nSPS) is 12.7. The first-order valence-electron chi connectivity index (χ1n) is 7.13. The third-order valence-corrected chi connectivity index (χ3v) is 3.80. The second-order valence-electron chi connectivity index (χ2n) is 5.30. The van der Waals surface area contributed by atoms with Crippen molar-refractivity contribution in [3.05, 3.63) is 52.3 Å². The lowest BCUT2D eigenvalue weighted by Gasteiger charge is -2.20. The van der Waals surface area contributed by atoms with Crippen LogP contribution in [0.4, 0.5) is 8.78 Å². The molecule has 0 spiro atoms. The van der Waals surface area contributed by atoms with Crippen LogP contribution in [0.5, 0.6) is 0 Å². The van der Waals surface area contributed by atoms with Gasteiger partial charge in [0.05, 0.1) is 12.2 Å². The van der Waals surface area contributed by atoms with E-state index in [2.05, 4.69) is 10.4 Å². The number of halogens is 2. The van der Waals surface area contributed by atoms with Gasteiger partial charge >= 0.3 is 0 Å². The van der Waals surface area contributed by atoms with Crippen LogP contribution in [0.2, 0.25) is 0 Å². The van der Waals surface area contributed by atoms with Crippen LogP contribution in [0.1, 0.15) is 41.8 Å². The minimum Gasteiger partial charge on any atom is -0.306 e. The van der Waals surface area contributed by atoms with Gasteiger partial charge in [-0.1, -0.05) is 19.1 Å². The number of aromatic nitrogens is 2. The maximum atomic E-state index is 14.3. The summed E-state index contributed by atoms with van der Waals surface area (Å²) in [5.74, 6) is -1.57. The SMILES string of the molecule is CCCNC(c1ccc(C)c(F)c1F)c1cnn(C)c1C. The third-order valence-electron chi connectivity index (χ3n) is 3.80. The fraction of sp³-hybridized carbons (Fsp3) is 0.438. The zero-order chi connectivity index (χ0) is 15.6. The maximum Gasteiger partial charge on any atom is 0.164 e. The Bertz CT molecular complexity index is 635. The highest BCUT2D eigenvalue weighted by atomic mass is 19.2. The summed E-state index contributed by atoms with van der Waals surface area (Å²) in [7, 11) is 1.84. The zero-order valence-electron chi connectivity index (χ0n) is 12.9. The molecule has 0 amide bonds. The van der Waals surface area contributed by atoms with Gasteiger partial charge in [-0.25, -0.2) is 8.78 Å². The lowest BCUT2D eigenvalue weighted by molar-refractivity contribution is 0.475. The smallest absolute Gasteiger partial charge is 0.164 e. The second-order valence-corrected chi connectivity index (χ2v) is 5.30. The van der Waals surface area contributed by atoms with Crippen molar-refractivity contribution < 1.29 is 8.78 Å². The number of hydrogen-bond donors (Lipinski definition) is 1. The Balaban J connectivity index is 2.51. The fourth-order valence-corrected chi connectivity index (χ4v) is 2.36. The van der Waals surface area contributed by atoms with Crippen LogP contribution in [-0.2, 0) is 7.05 Å². The highest BCUT2D eigenvalue weighted by molar-refractivity contribution is 5.36. The molecule has 0 aliphatic heterocycles. The molecule has 3 nitrogen and oxygen atoms in total. The Labute approximate surface area is 124 Å². The zero-order valence-corrected chi connectivity index (χ0v) is 12.9. The van der Waals surface area contributed by atoms with Gasteiger partial charge in [-0.05, 0) is 32.4 Å². The van der Waals surface area contributed by atoms with Gasteiger partial charge in [0.25, 0.3) is 0 Å². The Morgan fingerprint density at radius 2 is 1.90 bits per heavy atom. The Morgan fingerprint density at radius 1 is 1.19 bits per heavy atom. The van der Waals surface area contributed by atoms with E-state index in [4.69, 9.17) is 0 Å². The summed E-state index contributed by atoms with van der Waals surface area (Å²) in [4.78, 5) is 0. The minimum absolute atomic E-state index is 0.313. The fourth-order valence-electron chi connectivity index (χ4n) is 2.36. The molecule has 1 heterocycles. The largest absolute Gasteiger partial charge is 0.306 e. The first-order chi connectivity index (χ1) is 9.97. The number of hydrogen-bond acceptors (Lipinski definition) is 2. The lowest BCUT2D eigenvalue weighted by Crippen LogP contribution is -2.25. The lowest BCUT2D eigenvalue weighted by atomic mass is 9.97. The molecule has 1 unspecified atom stereocenters. The van der Waals surface area contributed by atoms with Gasteiger partial charge in [-0.2, -0.15) is 5.10 Å². The standard InChI is InChI=1S/C16H21F2N3/c1-5-8-19-16(13-9-20-21(4)11(13)3)12-7-6-10(2)14(17)15(12)18/h6-7,9,16,19H,5,8H2,1-4H3. The van der Waals surface area contributed by atoms with Crippen LogP contribution in [0.3, 0.4) is 0 Å². The number of benzene rings is 1. The van der Waals surface area contributed by atoms with E-state index >= 15 is 0 Å². The molecular formula is C16H21F2N3. The molecule has 0 aliphatic rings. The van der Waals surface area contributed by atoms with Crippen LogP contribution in [0.15, 0.2) is 18.3 Å². The van der Waals surface area contributed by atoms with E-state index < -0.39 is 17.7 Å². The Hall–Kier alpha value is -1.75. The molecule has 1 aromatic carbocycles. The van der Waals surface area contributed by atoms with E-state index in [9.17, 15) is 8.78 Å². The Kier molecular flexibility index (Phi) is 4.73. The average Bonchev–Trinajstić information content (AvgIpc) is 2.79. The summed E-state index contributed by atoms with van der Waals surface area (Å²) in [6.45, 7) is 6.23. The van der Waals surface area contributed by atoms with Crippen molar-refractivity contribution in [2.75, 3.05) is 6.54 Å². The van der Waals surface area contributed by atoms with Crippen molar-refractivity contribution in [1.29, 1.82) is 0 Å². The van der Waals surface area contributed by atoms with Crippen molar-refractivity contribution >= 4 is 0 Å². The van der Waals surface area contributed by atoms with Crippen LogP contribution in [0.25, 0.3) is 0 Å². The molecule has 0 saturated carbocycles. The van der Waals surface area contributed by atoms with Crippen LogP contribution >= 0.6 is 0 Å². The van der Waals surface area contributed by atoms with Crippen molar-refractivity contribution in [3.63, 3.8) is 0 Å². The summed E-state index contributed by atoms with van der Waals surface area (Å²) in [5, 5.41) is 7.48. The Morgan fingerprint density at radius 3 is 2.48 bits per heavy atom. The third kappa shape index (κ3) is 2.97. The summed E-state index contributed by atoms with van der Waals surface area (Å²) in [5.41, 5.74) is 2.44. The molecule has 0 saturated heterocycles. The summed E-state index contributed by atoms with van der Waals surface area (Å²) in [6.07, 6.45) is 2.62. The summed E-state index contributed by atoms with van der Waals surface area (Å²) < 4.78 is 29.9. The molecule has 1 atom stereocenters. The van der Waals surface area contributed by atoms with Crippen molar-refractivity contribution in [2.45, 2.75) is 33.2 Å². The topological polar surface area (TPSA) is 29.9 Å². The quantitative estimate of drug-likeness (QED) is 0.915. The highest BCUT2D eigenvalue weighted by Gasteiger charge is 2.23. The van der Waals surface area contributed by atoms with Crippen LogP contribution < -0.4 is 5.32 Å². The molecular weight excluding hydrogens is 272 g/mol. The number of nitrogens with one attached hydrogen (secondary N) is 1. The molecule has 5 heteroatoms. The van der Waals surface area contributed by atoms with E-state index in [1.807, 2.05) is 20.9 Å². The molecule has 0 fully saturated rings. The molecule has 0 bridgehead atoms. The van der Waals surface area contributed by atoms with E-state index in [0.29, 0.717) is 17.7 Å². The average molecular weight is 293 g/mol. The number of rotatable bonds is 5. The highest BCUT2D eigenvalue weighted by Crippen LogP contribution is 2.28. The second kappa shape index (κ2) is 6.35. The molecule has 0 radical (unpaired) electrons. The van der Waals surface area contributed by atoms with E-state index in [1.165, 1.54) is 0 Å². The summed E-state index contributed by atoms with van der Waals surface area (Å²) in [6, 6.07) is 2.86. The van der Waals surface area contributed by atoms with Crippen LogP contribution in [0, 0.1) is 25.5 Å². The molecule has 114 valence electrons. The molecule has 2 aromatic rings. The molecule has 1 aromatic heterocycles. The van der Waals surface area contributed by atoms with Gasteiger partial charge in [-0.3, -0.25) is 4.68 Å². The van der Waals surface area contributed by atoms with Gasteiger partial charge in [0.15, 0.2) is 11.6 Å². The van der Waals surface area contributed by atoms with Crippen LogP contribution in [-0.4, -0.2) is 16.3 Å². The maximum absolute atomic E-state index is 14.3. The molecule has 21 heavy (non-hydrogen) atoms. The van der Waals surface area contributed by atoms with Gasteiger partial charge in [0.1, 0.15) is 0 Å². The van der Waals surface area contributed by atoms with Gasteiger partial charge in [0.2, 0.25) is 0 Å². The number of aryl methyl sites for hydroxylation is 2. The van der Waals surface area contributed by atoms with Gasteiger partial charge < -0.3 is 5.32 Å². The first-order valence-corrected chi connectivity index (χ1v) is 7.13.